The first-order valence-corrected chi connectivity index (χ1v) is 7.07. The molecule has 1 saturated carbocycles. The Labute approximate surface area is 108 Å². The van der Waals surface area contributed by atoms with E-state index in [-0.39, 0.29) is 17.9 Å². The Kier molecular flexibility index (Phi) is 3.54. The molecule has 1 aliphatic carbocycles. The van der Waals surface area contributed by atoms with Gasteiger partial charge in [0.1, 0.15) is 0 Å². The lowest BCUT2D eigenvalue weighted by atomic mass is 10.0. The van der Waals surface area contributed by atoms with E-state index in [9.17, 15) is 4.79 Å². The van der Waals surface area contributed by atoms with Gasteiger partial charge in [0, 0.05) is 38.3 Å². The first-order valence-electron chi connectivity index (χ1n) is 7.07. The maximum Gasteiger partial charge on any atom is 0.229 e. The van der Waals surface area contributed by atoms with Crippen LogP contribution in [0.5, 0.6) is 0 Å². The highest BCUT2D eigenvalue weighted by molar-refractivity contribution is 5.80. The minimum absolute atomic E-state index is 0.0162. The molecule has 0 spiro atoms. The maximum atomic E-state index is 12.4. The van der Waals surface area contributed by atoms with Gasteiger partial charge in [0.25, 0.3) is 0 Å². The number of carbonyl (C=O) groups is 1. The standard InChI is InChI=1S/C13H23N3O2/c1-14-12-9-18-8-11(12)13(17)16-6-4-15(5-7-16)10-2-3-10/h10-12,14H,2-9H2,1H3. The molecule has 3 rings (SSSR count). The van der Waals surface area contributed by atoms with E-state index >= 15 is 0 Å². The summed E-state index contributed by atoms with van der Waals surface area (Å²) in [4.78, 5) is 17.0. The normalized spacial score (nSPS) is 33.9. The second kappa shape index (κ2) is 5.15. The molecule has 0 aromatic carbocycles. The number of rotatable bonds is 3. The molecule has 2 saturated heterocycles. The van der Waals surface area contributed by atoms with E-state index in [0.29, 0.717) is 13.2 Å². The van der Waals surface area contributed by atoms with Gasteiger partial charge in [-0.3, -0.25) is 9.69 Å². The average molecular weight is 253 g/mol. The molecule has 1 N–H and O–H groups in total. The fraction of sp³-hybridized carbons (Fsp3) is 0.923. The highest BCUT2D eigenvalue weighted by Crippen LogP contribution is 2.28. The summed E-state index contributed by atoms with van der Waals surface area (Å²) in [6.07, 6.45) is 2.71. The number of hydrogen-bond acceptors (Lipinski definition) is 4. The maximum absolute atomic E-state index is 12.4. The van der Waals surface area contributed by atoms with Crippen molar-refractivity contribution in [3.05, 3.63) is 0 Å². The number of nitrogens with one attached hydrogen (secondary N) is 1. The molecule has 1 amide bonds. The Balaban J connectivity index is 1.53. The van der Waals surface area contributed by atoms with E-state index in [2.05, 4.69) is 10.2 Å². The highest BCUT2D eigenvalue weighted by Gasteiger charge is 2.38. The van der Waals surface area contributed by atoms with E-state index in [1.54, 1.807) is 0 Å². The lowest BCUT2D eigenvalue weighted by Gasteiger charge is -2.36. The molecule has 0 radical (unpaired) electrons. The molecular formula is C13H23N3O2. The zero-order chi connectivity index (χ0) is 12.5. The Morgan fingerprint density at radius 3 is 2.50 bits per heavy atom. The summed E-state index contributed by atoms with van der Waals surface area (Å²) in [6.45, 7) is 5.12. The second-order valence-corrected chi connectivity index (χ2v) is 5.63. The van der Waals surface area contributed by atoms with Crippen molar-refractivity contribution in [2.75, 3.05) is 46.4 Å². The summed E-state index contributed by atoms with van der Waals surface area (Å²) >= 11 is 0. The molecule has 3 fully saturated rings. The number of piperazine rings is 1. The second-order valence-electron chi connectivity index (χ2n) is 5.63. The van der Waals surface area contributed by atoms with Crippen LogP contribution >= 0.6 is 0 Å². The van der Waals surface area contributed by atoms with Crippen LogP contribution in [-0.2, 0) is 9.53 Å². The Bertz CT molecular complexity index is 311. The Morgan fingerprint density at radius 2 is 1.89 bits per heavy atom. The SMILES string of the molecule is CNC1COCC1C(=O)N1CCN(C2CC2)CC1. The van der Waals surface area contributed by atoms with Crippen molar-refractivity contribution in [1.29, 1.82) is 0 Å². The molecule has 2 heterocycles. The average Bonchev–Trinajstić information content (AvgIpc) is 3.16. The van der Waals surface area contributed by atoms with Gasteiger partial charge in [-0.05, 0) is 19.9 Å². The predicted octanol–water partition coefficient (Wildman–Crippen LogP) is -0.473. The van der Waals surface area contributed by atoms with Crippen LogP contribution < -0.4 is 5.32 Å². The fourth-order valence-corrected chi connectivity index (χ4v) is 3.06. The van der Waals surface area contributed by atoms with Crippen LogP contribution in [0, 0.1) is 5.92 Å². The number of nitrogens with zero attached hydrogens (tertiary/aromatic N) is 2. The van der Waals surface area contributed by atoms with E-state index in [4.69, 9.17) is 4.74 Å². The number of hydrogen-bond donors (Lipinski definition) is 1. The van der Waals surface area contributed by atoms with Gasteiger partial charge in [-0.15, -0.1) is 0 Å². The summed E-state index contributed by atoms with van der Waals surface area (Å²) in [7, 11) is 1.91. The van der Waals surface area contributed by atoms with Gasteiger partial charge in [0.15, 0.2) is 0 Å². The van der Waals surface area contributed by atoms with Gasteiger partial charge >= 0.3 is 0 Å². The van der Waals surface area contributed by atoms with Gasteiger partial charge < -0.3 is 15.0 Å². The summed E-state index contributed by atoms with van der Waals surface area (Å²) < 4.78 is 5.42. The Hall–Kier alpha value is -0.650. The molecule has 3 aliphatic rings. The van der Waals surface area contributed by atoms with Gasteiger partial charge in [0.2, 0.25) is 5.91 Å². The number of ether oxygens (including phenoxy) is 1. The third-order valence-corrected chi connectivity index (χ3v) is 4.46. The molecule has 0 aromatic heterocycles. The molecule has 5 nitrogen and oxygen atoms in total. The fourth-order valence-electron chi connectivity index (χ4n) is 3.06. The summed E-state index contributed by atoms with van der Waals surface area (Å²) in [5.74, 6) is 0.296. The molecule has 5 heteroatoms. The minimum atomic E-state index is 0.0162. The molecule has 18 heavy (non-hydrogen) atoms. The molecule has 2 unspecified atom stereocenters. The van der Waals surface area contributed by atoms with E-state index in [0.717, 1.165) is 32.2 Å². The predicted molar refractivity (Wildman–Crippen MR) is 68.3 cm³/mol. The van der Waals surface area contributed by atoms with Gasteiger partial charge in [-0.25, -0.2) is 0 Å². The van der Waals surface area contributed by atoms with Crippen molar-refractivity contribution in [3.63, 3.8) is 0 Å². The Morgan fingerprint density at radius 1 is 1.17 bits per heavy atom. The van der Waals surface area contributed by atoms with E-state index in [1.165, 1.54) is 12.8 Å². The summed E-state index contributed by atoms with van der Waals surface area (Å²) in [5.41, 5.74) is 0. The van der Waals surface area contributed by atoms with Crippen LogP contribution in [-0.4, -0.2) is 74.2 Å². The van der Waals surface area contributed by atoms with Gasteiger partial charge in [-0.2, -0.15) is 0 Å². The first kappa shape index (κ1) is 12.4. The van der Waals surface area contributed by atoms with Crippen molar-refractivity contribution >= 4 is 5.91 Å². The quantitative estimate of drug-likeness (QED) is 0.738. The van der Waals surface area contributed by atoms with Crippen molar-refractivity contribution < 1.29 is 9.53 Å². The van der Waals surface area contributed by atoms with Crippen molar-refractivity contribution in [2.45, 2.75) is 24.9 Å². The highest BCUT2D eigenvalue weighted by atomic mass is 16.5. The van der Waals surface area contributed by atoms with Crippen LogP contribution in [0.4, 0.5) is 0 Å². The molecule has 102 valence electrons. The number of amides is 1. The van der Waals surface area contributed by atoms with Crippen LogP contribution in [0.25, 0.3) is 0 Å². The number of carbonyl (C=O) groups excluding carboxylic acids is 1. The van der Waals surface area contributed by atoms with E-state index < -0.39 is 0 Å². The van der Waals surface area contributed by atoms with Crippen molar-refractivity contribution in [2.24, 2.45) is 5.92 Å². The van der Waals surface area contributed by atoms with Crippen LogP contribution in [0.15, 0.2) is 0 Å². The minimum Gasteiger partial charge on any atom is -0.379 e. The zero-order valence-electron chi connectivity index (χ0n) is 11.1. The van der Waals surface area contributed by atoms with Crippen LogP contribution in [0.1, 0.15) is 12.8 Å². The molecule has 0 aromatic rings. The first-order chi connectivity index (χ1) is 8.79. The summed E-state index contributed by atoms with van der Waals surface area (Å²) in [5, 5.41) is 3.19. The third-order valence-electron chi connectivity index (χ3n) is 4.46. The van der Waals surface area contributed by atoms with Crippen LogP contribution in [0.2, 0.25) is 0 Å². The molecule has 2 atom stereocenters. The third kappa shape index (κ3) is 2.39. The molecule has 0 bridgehead atoms. The monoisotopic (exact) mass is 253 g/mol. The lowest BCUT2D eigenvalue weighted by molar-refractivity contribution is -0.137. The summed E-state index contributed by atoms with van der Waals surface area (Å²) in [6, 6.07) is 1.01. The van der Waals surface area contributed by atoms with Crippen molar-refractivity contribution in [3.8, 4) is 0 Å². The molecular weight excluding hydrogens is 230 g/mol. The van der Waals surface area contributed by atoms with E-state index in [1.807, 2.05) is 11.9 Å². The number of likely N-dealkylation sites (N-methyl/N-ethyl adjacent to an activating group) is 1. The van der Waals surface area contributed by atoms with Crippen molar-refractivity contribution in [1.82, 2.24) is 15.1 Å². The largest absolute Gasteiger partial charge is 0.379 e. The molecule has 2 aliphatic heterocycles. The van der Waals surface area contributed by atoms with Gasteiger partial charge in [0.05, 0.1) is 19.1 Å². The van der Waals surface area contributed by atoms with Gasteiger partial charge in [-0.1, -0.05) is 0 Å². The van der Waals surface area contributed by atoms with Crippen LogP contribution in [0.3, 0.4) is 0 Å². The zero-order valence-corrected chi connectivity index (χ0v) is 11.1. The lowest BCUT2D eigenvalue weighted by Crippen LogP contribution is -2.53. The topological polar surface area (TPSA) is 44.8 Å². The smallest absolute Gasteiger partial charge is 0.229 e.